The lowest BCUT2D eigenvalue weighted by Gasteiger charge is -2.11. The Morgan fingerprint density at radius 2 is 2.00 bits per heavy atom. The first-order valence-electron chi connectivity index (χ1n) is 6.92. The van der Waals surface area contributed by atoms with Gasteiger partial charge in [-0.05, 0) is 47.7 Å². The predicted octanol–water partition coefficient (Wildman–Crippen LogP) is 3.96. The molecule has 3 aromatic rings. The van der Waals surface area contributed by atoms with Gasteiger partial charge in [0.2, 0.25) is 0 Å². The summed E-state index contributed by atoms with van der Waals surface area (Å²) >= 11 is 0. The number of aromatic nitrogens is 3. The zero-order valence-electron chi connectivity index (χ0n) is 11.8. The molecule has 0 bridgehead atoms. The highest BCUT2D eigenvalue weighted by atomic mass is 19.1. The second kappa shape index (κ2) is 5.87. The Morgan fingerprint density at radius 3 is 2.76 bits per heavy atom. The average Bonchev–Trinajstić information content (AvgIpc) is 2.96. The highest BCUT2D eigenvalue weighted by Crippen LogP contribution is 2.27. The summed E-state index contributed by atoms with van der Waals surface area (Å²) < 4.78 is 13.3. The fourth-order valence-electron chi connectivity index (χ4n) is 2.48. The van der Waals surface area contributed by atoms with Gasteiger partial charge in [-0.15, -0.1) is 0 Å². The number of hydrogen-bond donors (Lipinski definition) is 1. The van der Waals surface area contributed by atoms with Crippen LogP contribution in [0.1, 0.15) is 24.1 Å². The maximum absolute atomic E-state index is 13.3. The van der Waals surface area contributed by atoms with Crippen LogP contribution >= 0.6 is 0 Å². The number of pyridine rings is 1. The summed E-state index contributed by atoms with van der Waals surface area (Å²) in [5.74, 6) is 0.000298. The highest BCUT2D eigenvalue weighted by Gasteiger charge is 2.13. The quantitative estimate of drug-likeness (QED) is 0.786. The summed E-state index contributed by atoms with van der Waals surface area (Å²) in [7, 11) is 0. The van der Waals surface area contributed by atoms with Crippen LogP contribution in [0, 0.1) is 5.82 Å². The van der Waals surface area contributed by atoms with E-state index >= 15 is 0 Å². The van der Waals surface area contributed by atoms with Crippen LogP contribution in [0.5, 0.6) is 0 Å². The van der Waals surface area contributed by atoms with E-state index in [1.54, 1.807) is 24.5 Å². The molecule has 2 heterocycles. The lowest BCUT2D eigenvalue weighted by Crippen LogP contribution is -2.00. The highest BCUT2D eigenvalue weighted by molar-refractivity contribution is 5.64. The Bertz CT molecular complexity index is 722. The van der Waals surface area contributed by atoms with Gasteiger partial charge in [-0.1, -0.05) is 19.1 Å². The fourth-order valence-corrected chi connectivity index (χ4v) is 2.48. The van der Waals surface area contributed by atoms with E-state index in [0.29, 0.717) is 0 Å². The lowest BCUT2D eigenvalue weighted by molar-refractivity contribution is 0.620. The number of aromatic amines is 1. The monoisotopic (exact) mass is 281 g/mol. The number of halogens is 1. The van der Waals surface area contributed by atoms with Crippen molar-refractivity contribution in [1.82, 2.24) is 15.2 Å². The minimum atomic E-state index is -0.198. The van der Waals surface area contributed by atoms with E-state index in [4.69, 9.17) is 0 Å². The summed E-state index contributed by atoms with van der Waals surface area (Å²) in [5.41, 5.74) is 4.12. The Kier molecular flexibility index (Phi) is 3.77. The number of H-pyrrole nitrogens is 1. The Labute approximate surface area is 122 Å². The standard InChI is InChI=1S/C17H16FN3/c1-12(14-3-2-4-15(18)10-14)9-17-16(11-20-21-17)13-5-7-19-8-6-13/h2-8,10-12H,9H2,1H3,(H,20,21). The van der Waals surface area contributed by atoms with E-state index in [0.717, 1.165) is 28.8 Å². The maximum atomic E-state index is 13.3. The topological polar surface area (TPSA) is 41.6 Å². The van der Waals surface area contributed by atoms with Crippen molar-refractivity contribution in [2.75, 3.05) is 0 Å². The molecule has 3 rings (SSSR count). The molecule has 4 heteroatoms. The molecular weight excluding hydrogens is 265 g/mol. The molecule has 0 saturated heterocycles. The fraction of sp³-hybridized carbons (Fsp3) is 0.176. The van der Waals surface area contributed by atoms with Gasteiger partial charge in [0.05, 0.1) is 5.69 Å². The molecule has 0 amide bonds. The van der Waals surface area contributed by atoms with Crippen molar-refractivity contribution in [3.63, 3.8) is 0 Å². The van der Waals surface area contributed by atoms with Crippen LogP contribution in [0.2, 0.25) is 0 Å². The van der Waals surface area contributed by atoms with Gasteiger partial charge in [-0.3, -0.25) is 10.1 Å². The maximum Gasteiger partial charge on any atom is 0.123 e. The van der Waals surface area contributed by atoms with Gasteiger partial charge in [-0.25, -0.2) is 4.39 Å². The molecule has 0 aliphatic carbocycles. The van der Waals surface area contributed by atoms with E-state index in [9.17, 15) is 4.39 Å². The SMILES string of the molecule is CC(Cc1n[nH]cc1-c1ccncc1)c1cccc(F)c1. The van der Waals surface area contributed by atoms with E-state index < -0.39 is 0 Å². The zero-order chi connectivity index (χ0) is 14.7. The van der Waals surface area contributed by atoms with Gasteiger partial charge < -0.3 is 0 Å². The smallest absolute Gasteiger partial charge is 0.123 e. The first-order chi connectivity index (χ1) is 10.2. The van der Waals surface area contributed by atoms with E-state index in [1.165, 1.54) is 6.07 Å². The minimum Gasteiger partial charge on any atom is -0.285 e. The van der Waals surface area contributed by atoms with Crippen LogP contribution in [0.3, 0.4) is 0 Å². The summed E-state index contributed by atoms with van der Waals surface area (Å²) in [4.78, 5) is 4.03. The number of rotatable bonds is 4. The van der Waals surface area contributed by atoms with Gasteiger partial charge in [0.25, 0.3) is 0 Å². The first kappa shape index (κ1) is 13.5. The molecule has 2 aromatic heterocycles. The van der Waals surface area contributed by atoms with Crippen LogP contribution in [0.15, 0.2) is 55.0 Å². The number of benzene rings is 1. The summed E-state index contributed by atoms with van der Waals surface area (Å²) in [6, 6.07) is 10.7. The summed E-state index contributed by atoms with van der Waals surface area (Å²) in [6.07, 6.45) is 6.18. The lowest BCUT2D eigenvalue weighted by atomic mass is 9.93. The van der Waals surface area contributed by atoms with Gasteiger partial charge >= 0.3 is 0 Å². The van der Waals surface area contributed by atoms with Crippen LogP contribution in [0.4, 0.5) is 4.39 Å². The molecule has 1 unspecified atom stereocenters. The molecule has 0 radical (unpaired) electrons. The number of nitrogens with one attached hydrogen (secondary N) is 1. The molecule has 1 aromatic carbocycles. The molecule has 0 saturated carbocycles. The first-order valence-corrected chi connectivity index (χ1v) is 6.92. The molecular formula is C17H16FN3. The van der Waals surface area contributed by atoms with Crippen molar-refractivity contribution in [3.05, 3.63) is 72.1 Å². The van der Waals surface area contributed by atoms with Crippen molar-refractivity contribution in [3.8, 4) is 11.1 Å². The van der Waals surface area contributed by atoms with Gasteiger partial charge in [0.15, 0.2) is 0 Å². The van der Waals surface area contributed by atoms with Gasteiger partial charge in [-0.2, -0.15) is 5.10 Å². The van der Waals surface area contributed by atoms with Crippen molar-refractivity contribution in [1.29, 1.82) is 0 Å². The Morgan fingerprint density at radius 1 is 1.19 bits per heavy atom. The van der Waals surface area contributed by atoms with E-state index in [2.05, 4.69) is 22.1 Å². The Balaban J connectivity index is 1.85. The Hall–Kier alpha value is -2.49. The predicted molar refractivity (Wildman–Crippen MR) is 80.3 cm³/mol. The second-order valence-corrected chi connectivity index (χ2v) is 5.14. The molecule has 0 aliphatic heterocycles. The van der Waals surface area contributed by atoms with Crippen molar-refractivity contribution < 1.29 is 4.39 Å². The molecule has 0 fully saturated rings. The van der Waals surface area contributed by atoms with Crippen molar-refractivity contribution in [2.45, 2.75) is 19.3 Å². The average molecular weight is 281 g/mol. The molecule has 1 N–H and O–H groups in total. The van der Waals surface area contributed by atoms with Gasteiger partial charge in [0, 0.05) is 24.2 Å². The normalized spacial score (nSPS) is 12.3. The van der Waals surface area contributed by atoms with Crippen LogP contribution < -0.4 is 0 Å². The molecule has 0 aliphatic rings. The van der Waals surface area contributed by atoms with Crippen molar-refractivity contribution >= 4 is 0 Å². The second-order valence-electron chi connectivity index (χ2n) is 5.14. The van der Waals surface area contributed by atoms with Crippen LogP contribution in [-0.2, 0) is 6.42 Å². The number of nitrogens with zero attached hydrogens (tertiary/aromatic N) is 2. The molecule has 21 heavy (non-hydrogen) atoms. The van der Waals surface area contributed by atoms with Crippen LogP contribution in [0.25, 0.3) is 11.1 Å². The van der Waals surface area contributed by atoms with Crippen LogP contribution in [-0.4, -0.2) is 15.2 Å². The molecule has 3 nitrogen and oxygen atoms in total. The molecule has 1 atom stereocenters. The molecule has 0 spiro atoms. The van der Waals surface area contributed by atoms with Gasteiger partial charge in [0.1, 0.15) is 5.82 Å². The van der Waals surface area contributed by atoms with E-state index in [-0.39, 0.29) is 11.7 Å². The molecule has 106 valence electrons. The zero-order valence-corrected chi connectivity index (χ0v) is 11.8. The minimum absolute atomic E-state index is 0.198. The third kappa shape index (κ3) is 2.99. The third-order valence-corrected chi connectivity index (χ3v) is 3.63. The van der Waals surface area contributed by atoms with Crippen molar-refractivity contribution in [2.24, 2.45) is 0 Å². The summed E-state index contributed by atoms with van der Waals surface area (Å²) in [6.45, 7) is 2.08. The third-order valence-electron chi connectivity index (χ3n) is 3.63. The number of hydrogen-bond acceptors (Lipinski definition) is 2. The summed E-state index contributed by atoms with van der Waals surface area (Å²) in [5, 5.41) is 7.26. The van der Waals surface area contributed by atoms with E-state index in [1.807, 2.05) is 24.4 Å². The largest absolute Gasteiger partial charge is 0.285 e.